The highest BCUT2D eigenvalue weighted by Crippen LogP contribution is 2.62. The van der Waals surface area contributed by atoms with Crippen LogP contribution in [-0.2, 0) is 10.2 Å². The predicted octanol–water partition coefficient (Wildman–Crippen LogP) is 2.03. The average molecular weight is 222 g/mol. The van der Waals surface area contributed by atoms with Crippen molar-refractivity contribution in [2.75, 3.05) is 0 Å². The number of hydrogen-bond donors (Lipinski definition) is 1. The largest absolute Gasteiger partial charge is 0.480 e. The zero-order chi connectivity index (χ0) is 12.0. The molecule has 2 nitrogen and oxygen atoms in total. The Balaban J connectivity index is 2.61. The number of alkyl halides is 2. The first-order chi connectivity index (χ1) is 7.45. The van der Waals surface area contributed by atoms with Crippen LogP contribution in [0.25, 0.3) is 0 Å². The van der Waals surface area contributed by atoms with Crippen LogP contribution in [0.2, 0.25) is 0 Å². The number of terminal acetylenes is 1. The lowest BCUT2D eigenvalue weighted by atomic mass is 9.91. The lowest BCUT2D eigenvalue weighted by molar-refractivity contribution is -0.142. The summed E-state index contributed by atoms with van der Waals surface area (Å²) >= 11 is 0. The molecule has 16 heavy (non-hydrogen) atoms. The smallest absolute Gasteiger partial charge is 0.320 e. The van der Waals surface area contributed by atoms with Crippen LogP contribution in [0.15, 0.2) is 24.3 Å². The molecule has 1 aliphatic carbocycles. The summed E-state index contributed by atoms with van der Waals surface area (Å²) in [4.78, 5) is 11.0. The van der Waals surface area contributed by atoms with Crippen molar-refractivity contribution in [3.8, 4) is 12.3 Å². The molecule has 82 valence electrons. The summed E-state index contributed by atoms with van der Waals surface area (Å²) in [5.41, 5.74) is -1.90. The fraction of sp³-hybridized carbons (Fsp3) is 0.250. The molecular weight excluding hydrogens is 214 g/mol. The molecule has 1 aromatic carbocycles. The van der Waals surface area contributed by atoms with Crippen LogP contribution in [0, 0.1) is 12.3 Å². The van der Waals surface area contributed by atoms with E-state index in [1.54, 1.807) is 6.07 Å². The topological polar surface area (TPSA) is 37.3 Å². The van der Waals surface area contributed by atoms with Gasteiger partial charge in [-0.2, -0.15) is 0 Å². The summed E-state index contributed by atoms with van der Waals surface area (Å²) in [6.45, 7) is 0. The van der Waals surface area contributed by atoms with Crippen LogP contribution in [0.1, 0.15) is 17.5 Å². The minimum atomic E-state index is -3.22. The van der Waals surface area contributed by atoms with E-state index in [9.17, 15) is 13.6 Å². The third kappa shape index (κ3) is 1.15. The van der Waals surface area contributed by atoms with Crippen molar-refractivity contribution in [3.63, 3.8) is 0 Å². The number of carbonyl (C=O) groups is 1. The van der Waals surface area contributed by atoms with E-state index in [4.69, 9.17) is 11.5 Å². The van der Waals surface area contributed by atoms with Crippen molar-refractivity contribution in [3.05, 3.63) is 35.4 Å². The van der Waals surface area contributed by atoms with E-state index in [0.717, 1.165) is 0 Å². The highest BCUT2D eigenvalue weighted by molar-refractivity contribution is 5.88. The second-order valence-electron chi connectivity index (χ2n) is 3.78. The number of aliphatic carboxylic acids is 1. The molecule has 1 unspecified atom stereocenters. The zero-order valence-corrected chi connectivity index (χ0v) is 8.21. The normalized spacial score (nSPS) is 25.8. The van der Waals surface area contributed by atoms with Gasteiger partial charge in [-0.25, -0.2) is 8.78 Å². The van der Waals surface area contributed by atoms with E-state index in [0.29, 0.717) is 0 Å². The van der Waals surface area contributed by atoms with Crippen molar-refractivity contribution in [1.82, 2.24) is 0 Å². The molecule has 0 radical (unpaired) electrons. The Bertz CT molecular complexity index is 502. The maximum atomic E-state index is 13.3. The first-order valence-electron chi connectivity index (χ1n) is 4.63. The van der Waals surface area contributed by atoms with Crippen LogP contribution >= 0.6 is 0 Å². The first kappa shape index (κ1) is 10.6. The number of halogens is 2. The summed E-state index contributed by atoms with van der Waals surface area (Å²) in [5.74, 6) is -2.51. The fourth-order valence-electron chi connectivity index (χ4n) is 1.91. The molecule has 0 heterocycles. The lowest BCUT2D eigenvalue weighted by Crippen LogP contribution is -2.28. The van der Waals surface area contributed by atoms with Crippen LogP contribution < -0.4 is 0 Å². The molecular formula is C12H8F2O2. The van der Waals surface area contributed by atoms with Gasteiger partial charge in [0, 0.05) is 12.0 Å². The third-order valence-corrected chi connectivity index (χ3v) is 2.89. The molecule has 0 bridgehead atoms. The Morgan fingerprint density at radius 1 is 1.44 bits per heavy atom. The van der Waals surface area contributed by atoms with Crippen molar-refractivity contribution in [2.45, 2.75) is 17.8 Å². The molecule has 1 atom stereocenters. The SMILES string of the molecule is C#Cc1ccccc1C1(C(=O)O)CC1(F)F. The summed E-state index contributed by atoms with van der Waals surface area (Å²) in [7, 11) is 0. The lowest BCUT2D eigenvalue weighted by Gasteiger charge is -2.13. The summed E-state index contributed by atoms with van der Waals surface area (Å²) < 4.78 is 26.5. The van der Waals surface area contributed by atoms with Gasteiger partial charge in [0.1, 0.15) is 0 Å². The van der Waals surface area contributed by atoms with Gasteiger partial charge in [-0.15, -0.1) is 6.42 Å². The minimum Gasteiger partial charge on any atom is -0.480 e. The van der Waals surface area contributed by atoms with Gasteiger partial charge in [-0.3, -0.25) is 4.79 Å². The summed E-state index contributed by atoms with van der Waals surface area (Å²) in [5, 5.41) is 8.96. The summed E-state index contributed by atoms with van der Waals surface area (Å²) in [6, 6.07) is 5.92. The molecule has 0 spiro atoms. The van der Waals surface area contributed by atoms with Crippen molar-refractivity contribution in [1.29, 1.82) is 0 Å². The summed E-state index contributed by atoms with van der Waals surface area (Å²) in [6.07, 6.45) is 4.49. The molecule has 1 aromatic rings. The Morgan fingerprint density at radius 2 is 2.00 bits per heavy atom. The van der Waals surface area contributed by atoms with E-state index in [2.05, 4.69) is 5.92 Å². The highest BCUT2D eigenvalue weighted by atomic mass is 19.3. The first-order valence-corrected chi connectivity index (χ1v) is 4.63. The van der Waals surface area contributed by atoms with E-state index >= 15 is 0 Å². The fourth-order valence-corrected chi connectivity index (χ4v) is 1.91. The van der Waals surface area contributed by atoms with Gasteiger partial charge in [0.15, 0.2) is 5.41 Å². The maximum Gasteiger partial charge on any atom is 0.320 e. The van der Waals surface area contributed by atoms with Gasteiger partial charge in [0.2, 0.25) is 0 Å². The molecule has 0 aliphatic heterocycles. The van der Waals surface area contributed by atoms with Crippen molar-refractivity contribution < 1.29 is 18.7 Å². The van der Waals surface area contributed by atoms with Crippen LogP contribution in [0.5, 0.6) is 0 Å². The van der Waals surface area contributed by atoms with Gasteiger partial charge in [-0.05, 0) is 11.6 Å². The number of hydrogen-bond acceptors (Lipinski definition) is 1. The monoisotopic (exact) mass is 222 g/mol. The molecule has 0 saturated heterocycles. The molecule has 0 aromatic heterocycles. The van der Waals surface area contributed by atoms with Crippen LogP contribution in [0.3, 0.4) is 0 Å². The van der Waals surface area contributed by atoms with Gasteiger partial charge in [0.25, 0.3) is 5.92 Å². The molecule has 1 fully saturated rings. The van der Waals surface area contributed by atoms with E-state index in [1.807, 2.05) is 0 Å². The van der Waals surface area contributed by atoms with E-state index in [-0.39, 0.29) is 11.1 Å². The molecule has 1 saturated carbocycles. The van der Waals surface area contributed by atoms with E-state index in [1.165, 1.54) is 18.2 Å². The maximum absolute atomic E-state index is 13.3. The molecule has 1 N–H and O–H groups in total. The zero-order valence-electron chi connectivity index (χ0n) is 8.21. The van der Waals surface area contributed by atoms with Gasteiger partial charge >= 0.3 is 5.97 Å². The van der Waals surface area contributed by atoms with Crippen LogP contribution in [0.4, 0.5) is 8.78 Å². The minimum absolute atomic E-state index is 0.0231. The number of carboxylic acids is 1. The molecule has 0 amide bonds. The Hall–Kier alpha value is -1.89. The second kappa shape index (κ2) is 3.05. The predicted molar refractivity (Wildman–Crippen MR) is 53.3 cm³/mol. The molecule has 2 rings (SSSR count). The number of benzene rings is 1. The van der Waals surface area contributed by atoms with Gasteiger partial charge in [0.05, 0.1) is 0 Å². The average Bonchev–Trinajstić information content (AvgIpc) is 2.83. The third-order valence-electron chi connectivity index (χ3n) is 2.89. The van der Waals surface area contributed by atoms with Crippen molar-refractivity contribution in [2.24, 2.45) is 0 Å². The van der Waals surface area contributed by atoms with Gasteiger partial charge < -0.3 is 5.11 Å². The van der Waals surface area contributed by atoms with Crippen molar-refractivity contribution >= 4 is 5.97 Å². The van der Waals surface area contributed by atoms with Crippen LogP contribution in [-0.4, -0.2) is 17.0 Å². The number of carboxylic acid groups (broad SMARTS) is 1. The molecule has 4 heteroatoms. The Morgan fingerprint density at radius 3 is 2.44 bits per heavy atom. The Kier molecular flexibility index (Phi) is 2.02. The second-order valence-corrected chi connectivity index (χ2v) is 3.78. The molecule has 1 aliphatic rings. The number of rotatable bonds is 2. The highest BCUT2D eigenvalue weighted by Gasteiger charge is 2.77. The van der Waals surface area contributed by atoms with Gasteiger partial charge in [-0.1, -0.05) is 24.1 Å². The Labute approximate surface area is 90.9 Å². The standard InChI is InChI=1S/C12H8F2O2/c1-2-8-5-3-4-6-9(8)11(10(15)16)7-12(11,13)14/h1,3-6H,7H2,(H,15,16). The quantitative estimate of drug-likeness (QED) is 0.777. The van der Waals surface area contributed by atoms with E-state index < -0.39 is 23.7 Å².